The summed E-state index contributed by atoms with van der Waals surface area (Å²) in [6.07, 6.45) is -1.58. The first-order valence-electron chi connectivity index (χ1n) is 7.17. The van der Waals surface area contributed by atoms with Gasteiger partial charge in [0.25, 0.3) is 0 Å². The van der Waals surface area contributed by atoms with E-state index in [1.165, 1.54) is 6.42 Å². The van der Waals surface area contributed by atoms with E-state index in [1.807, 2.05) is 0 Å². The second-order valence-electron chi connectivity index (χ2n) is 8.15. The zero-order valence-electron chi connectivity index (χ0n) is 12.1. The zero-order chi connectivity index (χ0) is 14.5. The molecule has 0 radical (unpaired) electrons. The van der Waals surface area contributed by atoms with E-state index in [4.69, 9.17) is 0 Å². The molecule has 4 heteroatoms. The van der Waals surface area contributed by atoms with Crippen molar-refractivity contribution in [3.05, 3.63) is 0 Å². The van der Waals surface area contributed by atoms with Gasteiger partial charge in [0.2, 0.25) is 0 Å². The van der Waals surface area contributed by atoms with Gasteiger partial charge in [0.1, 0.15) is 0 Å². The van der Waals surface area contributed by atoms with Crippen LogP contribution >= 0.6 is 0 Å². The molecular weight excluding hydrogens is 253 g/mol. The van der Waals surface area contributed by atoms with Crippen LogP contribution in [-0.2, 0) is 0 Å². The van der Waals surface area contributed by atoms with E-state index >= 15 is 0 Å². The molecule has 0 aromatic rings. The lowest BCUT2D eigenvalue weighted by molar-refractivity contribution is -0.266. The molecule has 3 bridgehead atoms. The molecule has 0 amide bonds. The summed E-state index contributed by atoms with van der Waals surface area (Å²) in [6.45, 7) is 7.57. The Bertz CT molecular complexity index is 430. The molecule has 1 N–H and O–H groups in total. The summed E-state index contributed by atoms with van der Waals surface area (Å²) in [5, 5.41) is 9.78. The molecular formula is C15H23F3O. The van der Waals surface area contributed by atoms with E-state index in [2.05, 4.69) is 20.8 Å². The predicted molar refractivity (Wildman–Crippen MR) is 66.4 cm³/mol. The van der Waals surface area contributed by atoms with Crippen LogP contribution in [0.5, 0.6) is 0 Å². The van der Waals surface area contributed by atoms with Crippen molar-refractivity contribution in [2.75, 3.05) is 0 Å². The van der Waals surface area contributed by atoms with Crippen LogP contribution in [0.2, 0.25) is 0 Å². The topological polar surface area (TPSA) is 20.2 Å². The minimum atomic E-state index is -4.53. The molecule has 4 saturated carbocycles. The molecule has 1 spiro atoms. The Morgan fingerprint density at radius 3 is 2.05 bits per heavy atom. The molecule has 4 rings (SSSR count). The van der Waals surface area contributed by atoms with Gasteiger partial charge in [-0.3, -0.25) is 0 Å². The number of aliphatic hydroxyl groups is 1. The third-order valence-corrected chi connectivity index (χ3v) is 7.43. The van der Waals surface area contributed by atoms with E-state index in [1.54, 1.807) is 0 Å². The van der Waals surface area contributed by atoms with E-state index in [0.29, 0.717) is 5.92 Å². The molecule has 4 aliphatic rings. The maximum atomic E-state index is 12.9. The van der Waals surface area contributed by atoms with E-state index in [0.717, 1.165) is 19.8 Å². The number of hydrogen-bond acceptors (Lipinski definition) is 1. The second-order valence-corrected chi connectivity index (χ2v) is 8.15. The van der Waals surface area contributed by atoms with Crippen LogP contribution in [-0.4, -0.2) is 16.9 Å². The first-order valence-corrected chi connectivity index (χ1v) is 7.17. The fraction of sp³-hybridized carbons (Fsp3) is 1.00. The molecule has 0 heterocycles. The zero-order valence-corrected chi connectivity index (χ0v) is 12.1. The first kappa shape index (κ1) is 13.7. The quantitative estimate of drug-likeness (QED) is 0.803. The van der Waals surface area contributed by atoms with Crippen molar-refractivity contribution in [2.45, 2.75) is 65.2 Å². The highest BCUT2D eigenvalue weighted by atomic mass is 19.4. The second kappa shape index (κ2) is 3.15. The number of rotatable bonds is 2. The van der Waals surface area contributed by atoms with Crippen LogP contribution in [0.1, 0.15) is 53.4 Å². The minimum absolute atomic E-state index is 0.000856. The highest BCUT2D eigenvalue weighted by Gasteiger charge is 2.80. The molecule has 4 fully saturated rings. The van der Waals surface area contributed by atoms with Gasteiger partial charge >= 0.3 is 6.18 Å². The van der Waals surface area contributed by atoms with Crippen molar-refractivity contribution in [1.82, 2.24) is 0 Å². The van der Waals surface area contributed by atoms with Gasteiger partial charge < -0.3 is 5.11 Å². The Kier molecular flexibility index (Phi) is 2.28. The largest absolute Gasteiger partial charge is 0.416 e. The van der Waals surface area contributed by atoms with Gasteiger partial charge in [-0.2, -0.15) is 13.2 Å². The normalized spacial score (nSPS) is 54.9. The molecule has 1 nitrogen and oxygen atoms in total. The predicted octanol–water partition coefficient (Wildman–Crippen LogP) is 4.15. The molecule has 110 valence electrons. The van der Waals surface area contributed by atoms with Gasteiger partial charge in [-0.15, -0.1) is 0 Å². The Hall–Kier alpha value is -0.250. The van der Waals surface area contributed by atoms with Crippen molar-refractivity contribution in [3.8, 4) is 0 Å². The molecule has 6 unspecified atom stereocenters. The third-order valence-electron chi connectivity index (χ3n) is 7.43. The van der Waals surface area contributed by atoms with Gasteiger partial charge in [0.15, 0.2) is 5.60 Å². The lowest BCUT2D eigenvalue weighted by Gasteiger charge is -2.63. The smallest absolute Gasteiger partial charge is 0.381 e. The summed E-state index contributed by atoms with van der Waals surface area (Å²) < 4.78 is 38.6. The highest BCUT2D eigenvalue weighted by molar-refractivity contribution is 5.28. The van der Waals surface area contributed by atoms with Crippen LogP contribution in [0.3, 0.4) is 0 Å². The van der Waals surface area contributed by atoms with Crippen molar-refractivity contribution < 1.29 is 18.3 Å². The summed E-state index contributed by atoms with van der Waals surface area (Å²) in [7, 11) is 0. The summed E-state index contributed by atoms with van der Waals surface area (Å²) in [6, 6.07) is 0. The summed E-state index contributed by atoms with van der Waals surface area (Å²) in [4.78, 5) is 0. The highest BCUT2D eigenvalue weighted by Crippen LogP contribution is 2.87. The van der Waals surface area contributed by atoms with Crippen LogP contribution in [0.25, 0.3) is 0 Å². The fourth-order valence-corrected chi connectivity index (χ4v) is 5.97. The van der Waals surface area contributed by atoms with Crippen LogP contribution in [0.15, 0.2) is 0 Å². The van der Waals surface area contributed by atoms with E-state index in [9.17, 15) is 18.3 Å². The maximum absolute atomic E-state index is 12.9. The average Bonchev–Trinajstić information content (AvgIpc) is 2.69. The lowest BCUT2D eigenvalue weighted by atomic mass is 9.42. The van der Waals surface area contributed by atoms with Crippen LogP contribution in [0, 0.1) is 28.1 Å². The monoisotopic (exact) mass is 276 g/mol. The van der Waals surface area contributed by atoms with Crippen LogP contribution in [0.4, 0.5) is 13.2 Å². The van der Waals surface area contributed by atoms with Crippen molar-refractivity contribution in [2.24, 2.45) is 28.1 Å². The van der Waals surface area contributed by atoms with Gasteiger partial charge in [-0.05, 0) is 60.7 Å². The van der Waals surface area contributed by atoms with Crippen molar-refractivity contribution >= 4 is 0 Å². The van der Waals surface area contributed by atoms with Crippen LogP contribution < -0.4 is 0 Å². The first-order chi connectivity index (χ1) is 8.38. The average molecular weight is 276 g/mol. The summed E-state index contributed by atoms with van der Waals surface area (Å²) in [5.41, 5.74) is -2.12. The molecule has 0 aromatic carbocycles. The standard InChI is InChI=1S/C15H23F3O/c1-9-11(2)7-14(9)6-10(12(11,3)8-14)5-13(4,19)15(16,17)18/h9-10,19H,5-8H2,1-4H3. The number of alkyl halides is 3. The third kappa shape index (κ3) is 1.32. The summed E-state index contributed by atoms with van der Waals surface area (Å²) >= 11 is 0. The Balaban J connectivity index is 1.84. The number of hydrogen-bond donors (Lipinski definition) is 1. The molecule has 19 heavy (non-hydrogen) atoms. The lowest BCUT2D eigenvalue weighted by Crippen LogP contribution is -2.57. The molecule has 4 aliphatic carbocycles. The Labute approximate surface area is 112 Å². The number of halogens is 3. The SMILES string of the molecule is CC1C23CC(CC(C)(O)C(F)(F)F)C(C)(C2)C1(C)C3. The van der Waals surface area contributed by atoms with E-state index < -0.39 is 11.8 Å². The van der Waals surface area contributed by atoms with Gasteiger partial charge in [-0.1, -0.05) is 20.8 Å². The molecule has 0 aliphatic heterocycles. The molecule has 0 aromatic heterocycles. The van der Waals surface area contributed by atoms with Gasteiger partial charge in [0.05, 0.1) is 0 Å². The molecule has 0 saturated heterocycles. The molecule has 6 atom stereocenters. The van der Waals surface area contributed by atoms with Gasteiger partial charge in [0, 0.05) is 0 Å². The van der Waals surface area contributed by atoms with Gasteiger partial charge in [-0.25, -0.2) is 0 Å². The van der Waals surface area contributed by atoms with Crippen molar-refractivity contribution in [1.29, 1.82) is 0 Å². The van der Waals surface area contributed by atoms with Crippen molar-refractivity contribution in [3.63, 3.8) is 0 Å². The Morgan fingerprint density at radius 1 is 1.16 bits per heavy atom. The fourth-order valence-electron chi connectivity index (χ4n) is 5.97. The summed E-state index contributed by atoms with van der Waals surface area (Å²) in [5.74, 6) is 0.621. The maximum Gasteiger partial charge on any atom is 0.416 e. The Morgan fingerprint density at radius 2 is 1.68 bits per heavy atom. The van der Waals surface area contributed by atoms with E-state index in [-0.39, 0.29) is 28.6 Å². The minimum Gasteiger partial charge on any atom is -0.381 e.